The molecule has 0 atom stereocenters. The van der Waals surface area contributed by atoms with Gasteiger partial charge in [0.05, 0.1) is 10.5 Å². The van der Waals surface area contributed by atoms with Crippen molar-refractivity contribution >= 4 is 34.9 Å². The quantitative estimate of drug-likeness (QED) is 0.496. The predicted octanol–water partition coefficient (Wildman–Crippen LogP) is 4.90. The second-order valence-electron chi connectivity index (χ2n) is 4.24. The van der Waals surface area contributed by atoms with E-state index in [1.165, 1.54) is 6.07 Å². The van der Waals surface area contributed by atoms with Crippen molar-refractivity contribution in [3.8, 4) is 5.69 Å². The number of hydrogen-bond acceptors (Lipinski definition) is 1. The zero-order valence-corrected chi connectivity index (χ0v) is 11.6. The maximum absolute atomic E-state index is 14.0. The Morgan fingerprint density at radius 1 is 1.05 bits per heavy atom. The predicted molar refractivity (Wildman–Crippen MR) is 73.3 cm³/mol. The van der Waals surface area contributed by atoms with Gasteiger partial charge in [0, 0.05) is 6.07 Å². The fourth-order valence-electron chi connectivity index (χ4n) is 2.09. The zero-order valence-electron chi connectivity index (χ0n) is 10.1. The fraction of sp³-hybridized carbons (Fsp3) is 0. The molecule has 0 bridgehead atoms. The third kappa shape index (κ3) is 2.13. The lowest BCUT2D eigenvalue weighted by Crippen LogP contribution is -2.02. The van der Waals surface area contributed by atoms with E-state index in [0.717, 1.165) is 16.7 Å². The molecule has 8 heteroatoms. The van der Waals surface area contributed by atoms with Crippen LogP contribution in [0.4, 0.5) is 17.6 Å². The van der Waals surface area contributed by atoms with Crippen LogP contribution < -0.4 is 0 Å². The van der Waals surface area contributed by atoms with E-state index in [2.05, 4.69) is 4.98 Å². The Labute approximate surface area is 125 Å². The lowest BCUT2D eigenvalue weighted by Gasteiger charge is -2.09. The Kier molecular flexibility index (Phi) is 3.26. The fourth-order valence-corrected chi connectivity index (χ4v) is 2.67. The summed E-state index contributed by atoms with van der Waals surface area (Å²) in [6.07, 6.45) is 0. The summed E-state index contributed by atoms with van der Waals surface area (Å²) in [5.74, 6) is -4.26. The summed E-state index contributed by atoms with van der Waals surface area (Å²) in [4.78, 5) is 2.61. The molecular formula is C13H5ClF4N2S. The standard InChI is InChI=1S/C13H5ClF4N2S/c14-6-3-5(15)4-8(17)11(6)20-12-9(19-13(20)21)2-1-7(16)10(12)18/h1-4H,(H,19,21). The average Bonchev–Trinajstić information content (AvgIpc) is 2.71. The van der Waals surface area contributed by atoms with Crippen LogP contribution in [-0.2, 0) is 0 Å². The first-order valence-corrected chi connectivity index (χ1v) is 6.42. The molecule has 0 spiro atoms. The van der Waals surface area contributed by atoms with E-state index in [4.69, 9.17) is 23.8 Å². The van der Waals surface area contributed by atoms with Gasteiger partial charge >= 0.3 is 0 Å². The second kappa shape index (κ2) is 4.85. The number of benzene rings is 2. The van der Waals surface area contributed by atoms with Gasteiger partial charge in [-0.2, -0.15) is 0 Å². The number of imidazole rings is 1. The van der Waals surface area contributed by atoms with Crippen molar-refractivity contribution in [3.63, 3.8) is 0 Å². The Bertz CT molecular complexity index is 909. The van der Waals surface area contributed by atoms with Crippen LogP contribution in [0.1, 0.15) is 0 Å². The summed E-state index contributed by atoms with van der Waals surface area (Å²) in [5, 5.41) is -0.312. The third-order valence-corrected chi connectivity index (χ3v) is 3.52. The maximum atomic E-state index is 14.0. The molecule has 2 aromatic carbocycles. The van der Waals surface area contributed by atoms with E-state index < -0.39 is 23.3 Å². The number of nitrogens with one attached hydrogen (secondary N) is 1. The number of hydrogen-bond donors (Lipinski definition) is 1. The van der Waals surface area contributed by atoms with Gasteiger partial charge in [-0.25, -0.2) is 17.6 Å². The van der Waals surface area contributed by atoms with Gasteiger partial charge in [-0.3, -0.25) is 4.57 Å². The third-order valence-electron chi connectivity index (χ3n) is 2.94. The van der Waals surface area contributed by atoms with Crippen LogP contribution in [0.15, 0.2) is 24.3 Å². The van der Waals surface area contributed by atoms with Crippen LogP contribution in [0.5, 0.6) is 0 Å². The highest BCUT2D eigenvalue weighted by Crippen LogP contribution is 2.30. The van der Waals surface area contributed by atoms with Crippen LogP contribution in [0.2, 0.25) is 5.02 Å². The van der Waals surface area contributed by atoms with Crippen LogP contribution in [0.3, 0.4) is 0 Å². The van der Waals surface area contributed by atoms with E-state index in [1.807, 2.05) is 0 Å². The van der Waals surface area contributed by atoms with Crippen molar-refractivity contribution in [1.82, 2.24) is 9.55 Å². The molecule has 21 heavy (non-hydrogen) atoms. The normalized spacial score (nSPS) is 11.3. The van der Waals surface area contributed by atoms with Crippen molar-refractivity contribution < 1.29 is 17.6 Å². The van der Waals surface area contributed by atoms with E-state index in [0.29, 0.717) is 6.07 Å². The topological polar surface area (TPSA) is 20.7 Å². The number of nitrogens with zero attached hydrogens (tertiary/aromatic N) is 1. The Morgan fingerprint density at radius 3 is 2.43 bits per heavy atom. The molecule has 3 aromatic rings. The molecular weight excluding hydrogens is 328 g/mol. The molecule has 0 amide bonds. The average molecular weight is 333 g/mol. The van der Waals surface area contributed by atoms with E-state index in [-0.39, 0.29) is 26.5 Å². The summed E-state index contributed by atoms with van der Waals surface area (Å²) in [5.41, 5.74) is -0.482. The molecule has 2 nitrogen and oxygen atoms in total. The SMILES string of the molecule is Fc1cc(F)c(-n2c(=S)[nH]c3ccc(F)c(F)c32)c(Cl)c1. The monoisotopic (exact) mass is 332 g/mol. The summed E-state index contributed by atoms with van der Waals surface area (Å²) >= 11 is 10.8. The second-order valence-corrected chi connectivity index (χ2v) is 5.04. The summed E-state index contributed by atoms with van der Waals surface area (Å²) in [7, 11) is 0. The summed E-state index contributed by atoms with van der Waals surface area (Å²) in [6.45, 7) is 0. The molecule has 0 aliphatic carbocycles. The number of aromatic amines is 1. The molecule has 1 aromatic heterocycles. The number of fused-ring (bicyclic) bond motifs is 1. The van der Waals surface area contributed by atoms with Gasteiger partial charge in [0.15, 0.2) is 22.2 Å². The molecule has 0 saturated heterocycles. The summed E-state index contributed by atoms with van der Waals surface area (Å²) in [6, 6.07) is 3.61. The lowest BCUT2D eigenvalue weighted by molar-refractivity contribution is 0.513. The van der Waals surface area contributed by atoms with Crippen molar-refractivity contribution in [2.45, 2.75) is 0 Å². The molecule has 0 saturated carbocycles. The zero-order chi connectivity index (χ0) is 15.3. The van der Waals surface area contributed by atoms with Gasteiger partial charge in [0.2, 0.25) is 0 Å². The lowest BCUT2D eigenvalue weighted by atomic mass is 10.2. The molecule has 1 N–H and O–H groups in total. The highest BCUT2D eigenvalue weighted by Gasteiger charge is 2.20. The Hall–Kier alpha value is -1.86. The molecule has 3 rings (SSSR count). The molecule has 0 radical (unpaired) electrons. The van der Waals surface area contributed by atoms with E-state index in [9.17, 15) is 17.6 Å². The summed E-state index contributed by atoms with van der Waals surface area (Å²) < 4.78 is 55.3. The van der Waals surface area contributed by atoms with Crippen molar-refractivity contribution in [3.05, 3.63) is 57.3 Å². The van der Waals surface area contributed by atoms with Crippen molar-refractivity contribution in [1.29, 1.82) is 0 Å². The van der Waals surface area contributed by atoms with Gasteiger partial charge in [0.25, 0.3) is 0 Å². The van der Waals surface area contributed by atoms with Crippen LogP contribution in [0.25, 0.3) is 16.7 Å². The van der Waals surface area contributed by atoms with Gasteiger partial charge < -0.3 is 4.98 Å². The molecule has 108 valence electrons. The van der Waals surface area contributed by atoms with Crippen molar-refractivity contribution in [2.75, 3.05) is 0 Å². The van der Waals surface area contributed by atoms with Gasteiger partial charge in [-0.1, -0.05) is 11.6 Å². The van der Waals surface area contributed by atoms with Crippen molar-refractivity contribution in [2.24, 2.45) is 0 Å². The number of H-pyrrole nitrogens is 1. The van der Waals surface area contributed by atoms with Gasteiger partial charge in [-0.05, 0) is 30.4 Å². The largest absolute Gasteiger partial charge is 0.330 e. The minimum absolute atomic E-state index is 0.0955. The van der Waals surface area contributed by atoms with Crippen LogP contribution in [0, 0.1) is 28.0 Å². The number of halogens is 5. The molecule has 0 unspecified atom stereocenters. The van der Waals surface area contributed by atoms with E-state index in [1.54, 1.807) is 0 Å². The maximum Gasteiger partial charge on any atom is 0.184 e. The molecule has 1 heterocycles. The van der Waals surface area contributed by atoms with Crippen LogP contribution >= 0.6 is 23.8 Å². The first-order chi connectivity index (χ1) is 9.90. The minimum atomic E-state index is -1.21. The number of rotatable bonds is 1. The van der Waals surface area contributed by atoms with Gasteiger partial charge in [-0.15, -0.1) is 0 Å². The highest BCUT2D eigenvalue weighted by molar-refractivity contribution is 7.71. The molecule has 0 fully saturated rings. The first-order valence-electron chi connectivity index (χ1n) is 5.64. The number of aromatic nitrogens is 2. The smallest absolute Gasteiger partial charge is 0.184 e. The molecule has 0 aliphatic rings. The van der Waals surface area contributed by atoms with Crippen LogP contribution in [-0.4, -0.2) is 9.55 Å². The molecule has 0 aliphatic heterocycles. The Morgan fingerprint density at radius 2 is 1.76 bits per heavy atom. The van der Waals surface area contributed by atoms with Gasteiger partial charge in [0.1, 0.15) is 17.0 Å². The highest BCUT2D eigenvalue weighted by atomic mass is 35.5. The Balaban J connectivity index is 2.49. The van der Waals surface area contributed by atoms with E-state index >= 15 is 0 Å². The first kappa shape index (κ1) is 14.1. The minimum Gasteiger partial charge on any atom is -0.330 e.